The van der Waals surface area contributed by atoms with Crippen LogP contribution >= 0.6 is 21.6 Å². The van der Waals surface area contributed by atoms with E-state index in [9.17, 15) is 14.7 Å². The molecule has 7 heteroatoms. The SMILES string of the molecule is CC(C)(C)SSC[C@](N)(C(=O)O)C(=O)OCC1c2ccccc2-c2ccccc21. The average Bonchev–Trinajstić information content (AvgIpc) is 2.98. The smallest absolute Gasteiger partial charge is 0.338 e. The summed E-state index contributed by atoms with van der Waals surface area (Å²) in [5, 5.41) is 9.59. The molecule has 0 bridgehead atoms. The number of carboxylic acids is 1. The summed E-state index contributed by atoms with van der Waals surface area (Å²) in [5.41, 5.74) is 8.25. The summed E-state index contributed by atoms with van der Waals surface area (Å²) in [5.74, 6) is -2.49. The normalized spacial score (nSPS) is 15.3. The number of esters is 1. The number of hydrogen-bond acceptors (Lipinski definition) is 6. The van der Waals surface area contributed by atoms with E-state index < -0.39 is 17.5 Å². The van der Waals surface area contributed by atoms with Crippen LogP contribution < -0.4 is 5.73 Å². The second-order valence-electron chi connectivity index (χ2n) is 8.06. The Morgan fingerprint density at radius 1 is 1.03 bits per heavy atom. The largest absolute Gasteiger partial charge is 0.479 e. The molecule has 0 aliphatic heterocycles. The van der Waals surface area contributed by atoms with Crippen molar-refractivity contribution >= 4 is 33.5 Å². The number of nitrogens with two attached hydrogens (primary N) is 1. The molecule has 0 saturated carbocycles. The Morgan fingerprint density at radius 3 is 2.03 bits per heavy atom. The van der Waals surface area contributed by atoms with Crippen molar-refractivity contribution in [2.75, 3.05) is 12.4 Å². The van der Waals surface area contributed by atoms with Gasteiger partial charge in [0.1, 0.15) is 6.61 Å². The van der Waals surface area contributed by atoms with Crippen molar-refractivity contribution in [2.24, 2.45) is 5.73 Å². The van der Waals surface area contributed by atoms with Gasteiger partial charge in [0, 0.05) is 16.4 Å². The fourth-order valence-electron chi connectivity index (χ4n) is 3.23. The van der Waals surface area contributed by atoms with Gasteiger partial charge in [0.25, 0.3) is 0 Å². The molecule has 0 unspecified atom stereocenters. The van der Waals surface area contributed by atoms with Gasteiger partial charge in [0.2, 0.25) is 5.54 Å². The third-order valence-corrected chi connectivity index (χ3v) is 8.08. The van der Waals surface area contributed by atoms with Gasteiger partial charge in [-0.25, -0.2) is 9.59 Å². The van der Waals surface area contributed by atoms with Gasteiger partial charge in [-0.05, 0) is 22.3 Å². The predicted molar refractivity (Wildman–Crippen MR) is 119 cm³/mol. The van der Waals surface area contributed by atoms with Crippen LogP contribution in [0.3, 0.4) is 0 Å². The zero-order valence-corrected chi connectivity index (χ0v) is 18.3. The first-order valence-electron chi connectivity index (χ1n) is 9.32. The highest BCUT2D eigenvalue weighted by Gasteiger charge is 2.45. The van der Waals surface area contributed by atoms with Crippen LogP contribution in [-0.4, -0.2) is 39.7 Å². The Balaban J connectivity index is 1.74. The minimum atomic E-state index is -2.08. The van der Waals surface area contributed by atoms with Gasteiger partial charge in [0.15, 0.2) is 0 Å². The second kappa shape index (κ2) is 8.42. The maximum absolute atomic E-state index is 12.7. The maximum Gasteiger partial charge on any atom is 0.338 e. The van der Waals surface area contributed by atoms with Gasteiger partial charge in [-0.2, -0.15) is 0 Å². The number of hydrogen-bond donors (Lipinski definition) is 2. The Labute approximate surface area is 178 Å². The van der Waals surface area contributed by atoms with Gasteiger partial charge in [-0.3, -0.25) is 0 Å². The molecular weight excluding hydrogens is 406 g/mol. The first kappa shape index (κ1) is 21.7. The molecule has 0 fully saturated rings. The van der Waals surface area contributed by atoms with E-state index in [2.05, 4.69) is 0 Å². The van der Waals surface area contributed by atoms with Crippen LogP contribution in [0, 0.1) is 0 Å². The Bertz CT molecular complexity index is 880. The van der Waals surface area contributed by atoms with Crippen molar-refractivity contribution in [1.29, 1.82) is 0 Å². The van der Waals surface area contributed by atoms with Gasteiger partial charge in [0.05, 0.1) is 0 Å². The number of ether oxygens (including phenoxy) is 1. The molecule has 3 rings (SSSR count). The monoisotopic (exact) mass is 431 g/mol. The first-order chi connectivity index (χ1) is 13.6. The van der Waals surface area contributed by atoms with Crippen LogP contribution in [0.15, 0.2) is 48.5 Å². The number of benzene rings is 2. The fraction of sp³-hybridized carbons (Fsp3) is 0.364. The minimum absolute atomic E-state index is 0.0518. The Morgan fingerprint density at radius 2 is 1.55 bits per heavy atom. The van der Waals surface area contributed by atoms with Crippen LogP contribution in [0.1, 0.15) is 37.8 Å². The van der Waals surface area contributed by atoms with E-state index in [4.69, 9.17) is 10.5 Å². The quantitative estimate of drug-likeness (QED) is 0.384. The average molecular weight is 432 g/mol. The first-order valence-corrected chi connectivity index (χ1v) is 11.6. The molecule has 0 saturated heterocycles. The molecule has 3 N–H and O–H groups in total. The zero-order valence-electron chi connectivity index (χ0n) is 16.7. The van der Waals surface area contributed by atoms with E-state index in [1.807, 2.05) is 69.3 Å². The molecule has 1 aliphatic rings. The van der Waals surface area contributed by atoms with E-state index in [0.717, 1.165) is 22.3 Å². The molecule has 1 aliphatic carbocycles. The highest BCUT2D eigenvalue weighted by atomic mass is 33.1. The van der Waals surface area contributed by atoms with Crippen LogP contribution in [0.2, 0.25) is 0 Å². The van der Waals surface area contributed by atoms with Crippen molar-refractivity contribution in [2.45, 2.75) is 37.0 Å². The van der Waals surface area contributed by atoms with Crippen LogP contribution in [0.25, 0.3) is 11.1 Å². The molecule has 2 aromatic rings. The summed E-state index contributed by atoms with van der Waals surface area (Å²) in [6.07, 6.45) is 0. The predicted octanol–water partition coefficient (Wildman–Crippen LogP) is 4.30. The number of aliphatic carboxylic acids is 1. The Kier molecular flexibility index (Phi) is 6.31. The Hall–Kier alpha value is -1.96. The molecule has 29 heavy (non-hydrogen) atoms. The van der Waals surface area contributed by atoms with E-state index in [1.165, 1.54) is 21.6 Å². The molecule has 0 heterocycles. The maximum atomic E-state index is 12.7. The number of fused-ring (bicyclic) bond motifs is 3. The molecule has 2 aromatic carbocycles. The summed E-state index contributed by atoms with van der Waals surface area (Å²) in [6.45, 7) is 6.08. The number of carbonyl (C=O) groups excluding carboxylic acids is 1. The third-order valence-electron chi connectivity index (χ3n) is 4.69. The third kappa shape index (κ3) is 4.63. The van der Waals surface area contributed by atoms with Crippen molar-refractivity contribution in [3.63, 3.8) is 0 Å². The standard InChI is InChI=1S/C22H25NO4S2/c1-21(2,3)29-28-13-22(23,19(24)25)20(26)27-12-18-16-10-6-4-8-14(16)15-9-5-7-11-17(15)18/h4-11,18H,12-13,23H2,1-3H3,(H,24,25)/t22-/m0/s1. The van der Waals surface area contributed by atoms with E-state index in [1.54, 1.807) is 0 Å². The summed E-state index contributed by atoms with van der Waals surface area (Å²) in [7, 11) is 2.75. The second-order valence-corrected chi connectivity index (χ2v) is 11.2. The van der Waals surface area contributed by atoms with Gasteiger partial charge in [-0.15, -0.1) is 0 Å². The fourth-order valence-corrected chi connectivity index (χ4v) is 5.87. The van der Waals surface area contributed by atoms with E-state index in [0.29, 0.717) is 0 Å². The minimum Gasteiger partial charge on any atom is -0.479 e. The van der Waals surface area contributed by atoms with E-state index in [-0.39, 0.29) is 23.0 Å². The van der Waals surface area contributed by atoms with Crippen LogP contribution in [0.4, 0.5) is 0 Å². The topological polar surface area (TPSA) is 89.6 Å². The molecule has 0 amide bonds. The highest BCUT2D eigenvalue weighted by molar-refractivity contribution is 8.77. The zero-order chi connectivity index (χ0) is 21.2. The molecule has 0 radical (unpaired) electrons. The molecular formula is C22H25NO4S2. The van der Waals surface area contributed by atoms with Gasteiger partial charge >= 0.3 is 11.9 Å². The summed E-state index contributed by atoms with van der Waals surface area (Å²) in [6, 6.07) is 16.0. The lowest BCUT2D eigenvalue weighted by Gasteiger charge is -2.25. The van der Waals surface area contributed by atoms with Crippen molar-refractivity contribution in [3.05, 3.63) is 59.7 Å². The number of carboxylic acid groups (broad SMARTS) is 1. The lowest BCUT2D eigenvalue weighted by atomic mass is 9.98. The lowest BCUT2D eigenvalue weighted by molar-refractivity contribution is -0.159. The summed E-state index contributed by atoms with van der Waals surface area (Å²) < 4.78 is 5.40. The molecule has 0 aromatic heterocycles. The molecule has 0 spiro atoms. The lowest BCUT2D eigenvalue weighted by Crippen LogP contribution is -2.58. The van der Waals surface area contributed by atoms with Gasteiger partial charge in [-0.1, -0.05) is 90.9 Å². The number of rotatable bonds is 7. The van der Waals surface area contributed by atoms with Gasteiger partial charge < -0.3 is 15.6 Å². The van der Waals surface area contributed by atoms with Crippen molar-refractivity contribution in [3.8, 4) is 11.1 Å². The summed E-state index contributed by atoms with van der Waals surface area (Å²) in [4.78, 5) is 24.5. The molecule has 154 valence electrons. The van der Waals surface area contributed by atoms with Crippen molar-refractivity contribution in [1.82, 2.24) is 0 Å². The van der Waals surface area contributed by atoms with Crippen LogP contribution in [-0.2, 0) is 14.3 Å². The van der Waals surface area contributed by atoms with E-state index >= 15 is 0 Å². The molecule has 5 nitrogen and oxygen atoms in total. The van der Waals surface area contributed by atoms with Crippen molar-refractivity contribution < 1.29 is 19.4 Å². The van der Waals surface area contributed by atoms with Crippen LogP contribution in [0.5, 0.6) is 0 Å². The number of carbonyl (C=O) groups is 2. The highest BCUT2D eigenvalue weighted by Crippen LogP contribution is 2.44. The summed E-state index contributed by atoms with van der Waals surface area (Å²) >= 11 is 0. The molecule has 1 atom stereocenters.